The zero-order valence-electron chi connectivity index (χ0n) is 14.2. The first-order chi connectivity index (χ1) is 11.8. The van der Waals surface area contributed by atoms with Crippen molar-refractivity contribution in [2.75, 3.05) is 11.9 Å². The second-order valence-corrected chi connectivity index (χ2v) is 5.63. The molecule has 0 aliphatic heterocycles. The Bertz CT molecular complexity index is 845. The van der Waals surface area contributed by atoms with Crippen molar-refractivity contribution in [1.29, 1.82) is 0 Å². The molecule has 0 aliphatic carbocycles. The van der Waals surface area contributed by atoms with E-state index in [1.807, 2.05) is 19.9 Å². The third-order valence-corrected chi connectivity index (χ3v) is 3.85. The third-order valence-electron chi connectivity index (χ3n) is 3.85. The highest BCUT2D eigenvalue weighted by atomic mass is 16.6. The fraction of sp³-hybridized carbons (Fsp3) is 0.222. The molecule has 0 aromatic heterocycles. The molecule has 0 saturated carbocycles. The summed E-state index contributed by atoms with van der Waals surface area (Å²) in [6, 6.07) is 9.37. The van der Waals surface area contributed by atoms with Crippen LogP contribution in [0.4, 0.5) is 11.4 Å². The van der Waals surface area contributed by atoms with Gasteiger partial charge in [0.15, 0.2) is 6.61 Å². The van der Waals surface area contributed by atoms with Crippen LogP contribution in [0.1, 0.15) is 27.0 Å². The molecule has 130 valence electrons. The van der Waals surface area contributed by atoms with E-state index in [9.17, 15) is 19.7 Å². The lowest BCUT2D eigenvalue weighted by molar-refractivity contribution is -0.384. The topological polar surface area (TPSA) is 98.5 Å². The van der Waals surface area contributed by atoms with Gasteiger partial charge in [-0.15, -0.1) is 0 Å². The van der Waals surface area contributed by atoms with Crippen LogP contribution in [0, 0.1) is 30.9 Å². The summed E-state index contributed by atoms with van der Waals surface area (Å²) in [5.74, 6) is -1.09. The first-order valence-corrected chi connectivity index (χ1v) is 7.58. The van der Waals surface area contributed by atoms with Crippen LogP contribution < -0.4 is 5.32 Å². The van der Waals surface area contributed by atoms with Gasteiger partial charge in [0, 0.05) is 17.8 Å². The Kier molecular flexibility index (Phi) is 5.49. The lowest BCUT2D eigenvalue weighted by Crippen LogP contribution is -2.21. The Morgan fingerprint density at radius 2 is 1.84 bits per heavy atom. The Morgan fingerprint density at radius 1 is 1.12 bits per heavy atom. The van der Waals surface area contributed by atoms with Crippen LogP contribution in [0.2, 0.25) is 0 Å². The summed E-state index contributed by atoms with van der Waals surface area (Å²) >= 11 is 0. The number of nitro benzene ring substituents is 1. The van der Waals surface area contributed by atoms with E-state index in [-0.39, 0.29) is 5.69 Å². The minimum Gasteiger partial charge on any atom is -0.452 e. The summed E-state index contributed by atoms with van der Waals surface area (Å²) in [6.07, 6.45) is 0. The van der Waals surface area contributed by atoms with Gasteiger partial charge in [0.2, 0.25) is 0 Å². The number of anilines is 1. The number of ether oxygens (including phenoxy) is 1. The maximum atomic E-state index is 12.1. The van der Waals surface area contributed by atoms with E-state index in [0.29, 0.717) is 16.8 Å². The van der Waals surface area contributed by atoms with Crippen molar-refractivity contribution in [1.82, 2.24) is 0 Å². The number of hydrogen-bond acceptors (Lipinski definition) is 5. The lowest BCUT2D eigenvalue weighted by Gasteiger charge is -2.10. The molecule has 1 amide bonds. The molecule has 0 radical (unpaired) electrons. The van der Waals surface area contributed by atoms with Crippen molar-refractivity contribution < 1.29 is 19.2 Å². The lowest BCUT2D eigenvalue weighted by atomic mass is 10.0. The second-order valence-electron chi connectivity index (χ2n) is 5.63. The molecule has 0 atom stereocenters. The number of esters is 1. The maximum Gasteiger partial charge on any atom is 0.338 e. The number of nitrogens with zero attached hydrogens (tertiary/aromatic N) is 1. The van der Waals surface area contributed by atoms with Gasteiger partial charge in [-0.1, -0.05) is 12.1 Å². The number of nitrogens with one attached hydrogen (secondary N) is 1. The molecule has 7 heteroatoms. The average molecular weight is 342 g/mol. The Morgan fingerprint density at radius 3 is 2.48 bits per heavy atom. The van der Waals surface area contributed by atoms with Crippen molar-refractivity contribution in [3.63, 3.8) is 0 Å². The summed E-state index contributed by atoms with van der Waals surface area (Å²) in [6.45, 7) is 4.90. The van der Waals surface area contributed by atoms with Gasteiger partial charge >= 0.3 is 5.97 Å². The predicted octanol–water partition coefficient (Wildman–Crippen LogP) is 3.32. The first-order valence-electron chi connectivity index (χ1n) is 7.58. The van der Waals surface area contributed by atoms with Gasteiger partial charge < -0.3 is 10.1 Å². The van der Waals surface area contributed by atoms with Crippen LogP contribution in [0.25, 0.3) is 0 Å². The van der Waals surface area contributed by atoms with Gasteiger partial charge in [-0.05, 0) is 49.6 Å². The largest absolute Gasteiger partial charge is 0.452 e. The molecular weight excluding hydrogens is 324 g/mol. The highest BCUT2D eigenvalue weighted by molar-refractivity contribution is 5.96. The fourth-order valence-electron chi connectivity index (χ4n) is 2.27. The number of carbonyl (C=O) groups is 2. The van der Waals surface area contributed by atoms with E-state index in [4.69, 9.17) is 4.74 Å². The van der Waals surface area contributed by atoms with E-state index < -0.39 is 23.4 Å². The summed E-state index contributed by atoms with van der Waals surface area (Å²) in [4.78, 5) is 34.2. The Labute approximate surface area is 144 Å². The summed E-state index contributed by atoms with van der Waals surface area (Å²) in [5, 5.41) is 13.3. The molecular formula is C18H18N2O5. The van der Waals surface area contributed by atoms with E-state index in [1.165, 1.54) is 18.2 Å². The van der Waals surface area contributed by atoms with Gasteiger partial charge in [-0.2, -0.15) is 0 Å². The maximum absolute atomic E-state index is 12.1. The normalized spacial score (nSPS) is 10.2. The molecule has 2 aromatic rings. The second kappa shape index (κ2) is 7.57. The molecule has 0 heterocycles. The number of carbonyl (C=O) groups excluding carboxylic acids is 2. The molecule has 2 aromatic carbocycles. The van der Waals surface area contributed by atoms with Crippen molar-refractivity contribution in [3.8, 4) is 0 Å². The van der Waals surface area contributed by atoms with Gasteiger partial charge in [-0.25, -0.2) is 4.79 Å². The van der Waals surface area contributed by atoms with Crippen molar-refractivity contribution in [2.45, 2.75) is 20.8 Å². The van der Waals surface area contributed by atoms with Crippen LogP contribution in [0.15, 0.2) is 36.4 Å². The fourth-order valence-corrected chi connectivity index (χ4v) is 2.27. The van der Waals surface area contributed by atoms with E-state index in [1.54, 1.807) is 19.1 Å². The van der Waals surface area contributed by atoms with Gasteiger partial charge in [0.1, 0.15) is 0 Å². The SMILES string of the molecule is Cc1cc([N+](=O)[O-])ccc1NC(=O)COC(=O)c1cccc(C)c1C. The molecule has 25 heavy (non-hydrogen) atoms. The van der Waals surface area contributed by atoms with E-state index in [0.717, 1.165) is 11.1 Å². The minimum absolute atomic E-state index is 0.0585. The molecule has 0 saturated heterocycles. The molecule has 0 spiro atoms. The van der Waals surface area contributed by atoms with Crippen molar-refractivity contribution >= 4 is 23.3 Å². The number of rotatable bonds is 5. The van der Waals surface area contributed by atoms with Crippen LogP contribution in [0.5, 0.6) is 0 Å². The number of nitro groups is 1. The minimum atomic E-state index is -0.572. The first kappa shape index (κ1) is 18.1. The number of benzene rings is 2. The quantitative estimate of drug-likeness (QED) is 0.510. The zero-order chi connectivity index (χ0) is 18.6. The number of aryl methyl sites for hydroxylation is 2. The third kappa shape index (κ3) is 4.41. The number of non-ortho nitro benzene ring substituents is 1. The highest BCUT2D eigenvalue weighted by Crippen LogP contribution is 2.21. The van der Waals surface area contributed by atoms with Crippen LogP contribution in [-0.2, 0) is 9.53 Å². The molecule has 0 aliphatic rings. The molecule has 0 fully saturated rings. The van der Waals surface area contributed by atoms with Crippen molar-refractivity contribution in [2.24, 2.45) is 0 Å². The molecule has 7 nitrogen and oxygen atoms in total. The van der Waals surface area contributed by atoms with Gasteiger partial charge in [-0.3, -0.25) is 14.9 Å². The van der Waals surface area contributed by atoms with E-state index in [2.05, 4.69) is 5.32 Å². The van der Waals surface area contributed by atoms with E-state index >= 15 is 0 Å². The van der Waals surface area contributed by atoms with Crippen LogP contribution in [0.3, 0.4) is 0 Å². The van der Waals surface area contributed by atoms with Crippen LogP contribution in [-0.4, -0.2) is 23.4 Å². The highest BCUT2D eigenvalue weighted by Gasteiger charge is 2.15. The summed E-state index contributed by atoms with van der Waals surface area (Å²) < 4.78 is 5.04. The smallest absolute Gasteiger partial charge is 0.338 e. The molecule has 0 bridgehead atoms. The summed E-state index contributed by atoms with van der Waals surface area (Å²) in [5.41, 5.74) is 3.09. The van der Waals surface area contributed by atoms with Gasteiger partial charge in [0.05, 0.1) is 10.5 Å². The molecule has 0 unspecified atom stereocenters. The Hall–Kier alpha value is -3.22. The standard InChI is InChI=1S/C18H18N2O5/c1-11-5-4-6-15(13(11)3)18(22)25-10-17(21)19-16-8-7-14(20(23)24)9-12(16)2/h4-9H,10H2,1-3H3,(H,19,21). The molecule has 1 N–H and O–H groups in total. The van der Waals surface area contributed by atoms with Crippen LogP contribution >= 0.6 is 0 Å². The number of amides is 1. The average Bonchev–Trinajstić information content (AvgIpc) is 2.56. The number of hydrogen-bond donors (Lipinski definition) is 1. The Balaban J connectivity index is 1.98. The predicted molar refractivity (Wildman–Crippen MR) is 92.7 cm³/mol. The monoisotopic (exact) mass is 342 g/mol. The van der Waals surface area contributed by atoms with Crippen molar-refractivity contribution in [3.05, 3.63) is 68.8 Å². The zero-order valence-corrected chi connectivity index (χ0v) is 14.2. The summed E-state index contributed by atoms with van der Waals surface area (Å²) in [7, 11) is 0. The van der Waals surface area contributed by atoms with Gasteiger partial charge in [0.25, 0.3) is 11.6 Å². The molecule has 2 rings (SSSR count).